The smallest absolute Gasteiger partial charge is 0.431 e. The largest absolute Gasteiger partial charge is 0.445 e. The molecule has 7 heteroatoms. The van der Waals surface area contributed by atoms with Crippen LogP contribution in [0.4, 0.5) is 9.59 Å². The van der Waals surface area contributed by atoms with Crippen LogP contribution in [-0.4, -0.2) is 37.5 Å². The number of carbonyl (C=O) groups excluding carboxylic acids is 2. The van der Waals surface area contributed by atoms with E-state index in [1.165, 1.54) is 6.08 Å². The first-order valence-electron chi connectivity index (χ1n) is 7.47. The fourth-order valence-corrected chi connectivity index (χ4v) is 1.44. The number of hydrogen-bond donors (Lipinski definition) is 2. The van der Waals surface area contributed by atoms with Crippen molar-refractivity contribution in [2.75, 3.05) is 19.8 Å². The van der Waals surface area contributed by atoms with E-state index in [1.807, 2.05) is 0 Å². The Morgan fingerprint density at radius 2 is 1.77 bits per heavy atom. The first-order chi connectivity index (χ1) is 10.3. The number of carbonyl (C=O) groups is 2. The van der Waals surface area contributed by atoms with Crippen LogP contribution in [0, 0.1) is 0 Å². The normalized spacial score (nSPS) is 10.7. The van der Waals surface area contributed by atoms with E-state index in [1.54, 1.807) is 20.8 Å². The van der Waals surface area contributed by atoms with Gasteiger partial charge in [0.05, 0.1) is 6.61 Å². The van der Waals surface area contributed by atoms with Crippen LogP contribution in [0.2, 0.25) is 0 Å². The molecule has 7 nitrogen and oxygen atoms in total. The summed E-state index contributed by atoms with van der Waals surface area (Å²) in [6.45, 7) is 10.0. The Morgan fingerprint density at radius 3 is 2.41 bits per heavy atom. The zero-order chi connectivity index (χ0) is 16.8. The number of ether oxygens (including phenoxy) is 2. The molecule has 0 aliphatic carbocycles. The van der Waals surface area contributed by atoms with Gasteiger partial charge >= 0.3 is 12.2 Å². The Balaban J connectivity index is 3.32. The van der Waals surface area contributed by atoms with Gasteiger partial charge in [0, 0.05) is 6.54 Å². The van der Waals surface area contributed by atoms with Crippen LogP contribution < -0.4 is 10.8 Å². The highest BCUT2D eigenvalue weighted by Crippen LogP contribution is 2.06. The molecule has 2 amide bonds. The van der Waals surface area contributed by atoms with Gasteiger partial charge in [-0.05, 0) is 33.6 Å². The molecule has 2 N–H and O–H groups in total. The number of amides is 2. The van der Waals surface area contributed by atoms with E-state index in [0.29, 0.717) is 13.2 Å². The zero-order valence-corrected chi connectivity index (χ0v) is 13.8. The number of nitrogens with one attached hydrogen (secondary N) is 2. The van der Waals surface area contributed by atoms with Gasteiger partial charge in [0.15, 0.2) is 0 Å². The van der Waals surface area contributed by atoms with Gasteiger partial charge in [-0.15, -0.1) is 0 Å². The summed E-state index contributed by atoms with van der Waals surface area (Å²) in [6.07, 6.45) is 4.08. The van der Waals surface area contributed by atoms with Gasteiger partial charge in [0.1, 0.15) is 12.2 Å². The number of hydrogen-bond acceptors (Lipinski definition) is 5. The summed E-state index contributed by atoms with van der Waals surface area (Å²) in [4.78, 5) is 27.3. The molecular weight excluding hydrogens is 288 g/mol. The van der Waals surface area contributed by atoms with Crippen molar-refractivity contribution in [1.82, 2.24) is 10.8 Å². The Labute approximate surface area is 132 Å². The molecule has 0 atom stereocenters. The van der Waals surface area contributed by atoms with Crippen molar-refractivity contribution in [3.05, 3.63) is 12.7 Å². The lowest BCUT2D eigenvalue weighted by molar-refractivity contribution is -0.00859. The Morgan fingerprint density at radius 1 is 1.09 bits per heavy atom. The molecule has 0 bridgehead atoms. The van der Waals surface area contributed by atoms with E-state index in [0.717, 1.165) is 25.7 Å². The predicted octanol–water partition coefficient (Wildman–Crippen LogP) is 2.92. The van der Waals surface area contributed by atoms with Crippen molar-refractivity contribution in [2.24, 2.45) is 0 Å². The van der Waals surface area contributed by atoms with Crippen molar-refractivity contribution in [3.63, 3.8) is 0 Å². The highest BCUT2D eigenvalue weighted by atomic mass is 16.7. The van der Waals surface area contributed by atoms with Crippen LogP contribution in [0.25, 0.3) is 0 Å². The molecule has 0 saturated carbocycles. The lowest BCUT2D eigenvalue weighted by Gasteiger charge is -2.19. The predicted molar refractivity (Wildman–Crippen MR) is 83.3 cm³/mol. The van der Waals surface area contributed by atoms with Crippen LogP contribution in [0.5, 0.6) is 0 Å². The standard InChI is InChI=1S/C15H28N2O5/c1-5-11-20-13(18)16-10-8-6-7-9-12-21-17-14(19)22-15(2,3)4/h5H,1,6-12H2,2-4H3,(H,16,18)(H,17,19). The van der Waals surface area contributed by atoms with Gasteiger partial charge in [0.2, 0.25) is 0 Å². The van der Waals surface area contributed by atoms with Crippen molar-refractivity contribution < 1.29 is 23.9 Å². The summed E-state index contributed by atoms with van der Waals surface area (Å²) in [7, 11) is 0. The highest BCUT2D eigenvalue weighted by Gasteiger charge is 2.15. The molecule has 0 heterocycles. The second-order valence-electron chi connectivity index (χ2n) is 5.68. The maximum Gasteiger partial charge on any atom is 0.431 e. The molecule has 0 fully saturated rings. The molecule has 0 saturated heterocycles. The van der Waals surface area contributed by atoms with Gasteiger partial charge in [-0.3, -0.25) is 4.84 Å². The number of hydroxylamine groups is 1. The third-order valence-corrected chi connectivity index (χ3v) is 2.33. The Bertz CT molecular complexity index is 339. The van der Waals surface area contributed by atoms with E-state index in [-0.39, 0.29) is 6.61 Å². The molecule has 128 valence electrons. The molecular formula is C15H28N2O5. The number of unbranched alkanes of at least 4 members (excludes halogenated alkanes) is 3. The summed E-state index contributed by atoms with van der Waals surface area (Å²) >= 11 is 0. The monoisotopic (exact) mass is 316 g/mol. The minimum atomic E-state index is -0.588. The molecule has 22 heavy (non-hydrogen) atoms. The first kappa shape index (κ1) is 20.2. The van der Waals surface area contributed by atoms with Crippen LogP contribution in [0.1, 0.15) is 46.5 Å². The summed E-state index contributed by atoms with van der Waals surface area (Å²) in [5.74, 6) is 0. The first-order valence-corrected chi connectivity index (χ1v) is 7.47. The fraction of sp³-hybridized carbons (Fsp3) is 0.733. The molecule has 0 aromatic carbocycles. The summed E-state index contributed by atoms with van der Waals surface area (Å²) in [5, 5.41) is 2.64. The maximum absolute atomic E-state index is 11.3. The van der Waals surface area contributed by atoms with Crippen LogP contribution in [0.3, 0.4) is 0 Å². The minimum Gasteiger partial charge on any atom is -0.445 e. The SMILES string of the molecule is C=CCOC(=O)NCCCCCCONC(=O)OC(C)(C)C. The highest BCUT2D eigenvalue weighted by molar-refractivity contribution is 5.67. The average molecular weight is 316 g/mol. The second-order valence-corrected chi connectivity index (χ2v) is 5.68. The molecule has 0 spiro atoms. The van der Waals surface area contributed by atoms with Gasteiger partial charge < -0.3 is 14.8 Å². The lowest BCUT2D eigenvalue weighted by Crippen LogP contribution is -2.32. The minimum absolute atomic E-state index is 0.216. The molecule has 0 aliphatic heterocycles. The van der Waals surface area contributed by atoms with E-state index in [4.69, 9.17) is 14.3 Å². The zero-order valence-electron chi connectivity index (χ0n) is 13.8. The van der Waals surface area contributed by atoms with E-state index >= 15 is 0 Å². The second kappa shape index (κ2) is 11.9. The van der Waals surface area contributed by atoms with Crippen molar-refractivity contribution >= 4 is 12.2 Å². The van der Waals surface area contributed by atoms with Crippen molar-refractivity contribution in [3.8, 4) is 0 Å². The number of rotatable bonds is 10. The van der Waals surface area contributed by atoms with Crippen LogP contribution in [-0.2, 0) is 14.3 Å². The van der Waals surface area contributed by atoms with Crippen molar-refractivity contribution in [1.29, 1.82) is 0 Å². The Hall–Kier alpha value is -1.76. The van der Waals surface area contributed by atoms with Crippen molar-refractivity contribution in [2.45, 2.75) is 52.1 Å². The number of alkyl carbamates (subject to hydrolysis) is 1. The third kappa shape index (κ3) is 14.6. The summed E-state index contributed by atoms with van der Waals surface area (Å²) < 4.78 is 9.78. The maximum atomic E-state index is 11.3. The van der Waals surface area contributed by atoms with Gasteiger partial charge in [-0.1, -0.05) is 25.5 Å². The lowest BCUT2D eigenvalue weighted by atomic mass is 10.2. The van der Waals surface area contributed by atoms with E-state index in [2.05, 4.69) is 17.4 Å². The summed E-state index contributed by atoms with van der Waals surface area (Å²) in [6, 6.07) is 0. The Kier molecular flexibility index (Phi) is 10.9. The van der Waals surface area contributed by atoms with Crippen LogP contribution >= 0.6 is 0 Å². The van der Waals surface area contributed by atoms with E-state index < -0.39 is 17.8 Å². The molecule has 0 aromatic heterocycles. The molecule has 0 radical (unpaired) electrons. The van der Waals surface area contributed by atoms with Gasteiger partial charge in [-0.25, -0.2) is 9.59 Å². The molecule has 0 unspecified atom stereocenters. The molecule has 0 aliphatic rings. The molecule has 0 aromatic rings. The topological polar surface area (TPSA) is 85.9 Å². The average Bonchev–Trinajstić information content (AvgIpc) is 2.41. The van der Waals surface area contributed by atoms with Gasteiger partial charge in [0.25, 0.3) is 0 Å². The van der Waals surface area contributed by atoms with Gasteiger partial charge in [-0.2, -0.15) is 5.48 Å². The quantitative estimate of drug-likeness (QED) is 0.368. The summed E-state index contributed by atoms with van der Waals surface area (Å²) in [5.41, 5.74) is 1.70. The van der Waals surface area contributed by atoms with E-state index in [9.17, 15) is 9.59 Å². The molecule has 0 rings (SSSR count). The van der Waals surface area contributed by atoms with Crippen LogP contribution in [0.15, 0.2) is 12.7 Å². The third-order valence-electron chi connectivity index (χ3n) is 2.33. The fourth-order valence-electron chi connectivity index (χ4n) is 1.44.